The molecule has 1 amide bonds. The molecule has 1 aromatic carbocycles. The topological polar surface area (TPSA) is 66.6 Å². The van der Waals surface area contributed by atoms with Crippen LogP contribution in [0.15, 0.2) is 18.2 Å². The van der Waals surface area contributed by atoms with Crippen LogP contribution < -0.4 is 10.6 Å². The van der Waals surface area contributed by atoms with Gasteiger partial charge < -0.3 is 15.7 Å². The van der Waals surface area contributed by atoms with Crippen molar-refractivity contribution in [2.75, 3.05) is 11.4 Å². The Morgan fingerprint density at radius 2 is 2.15 bits per heavy atom. The molecule has 1 fully saturated rings. The fourth-order valence-corrected chi connectivity index (χ4v) is 2.95. The summed E-state index contributed by atoms with van der Waals surface area (Å²) in [5.41, 5.74) is 6.12. The van der Waals surface area contributed by atoms with Crippen molar-refractivity contribution in [1.29, 1.82) is 0 Å². The van der Waals surface area contributed by atoms with Gasteiger partial charge in [-0.2, -0.15) is 0 Å². The molecule has 3 N–H and O–H groups in total. The molecule has 1 aliphatic rings. The molecule has 0 unspecified atom stereocenters. The number of aliphatic hydroxyl groups is 1. The van der Waals surface area contributed by atoms with Crippen molar-refractivity contribution in [2.45, 2.75) is 44.8 Å². The number of primary amides is 1. The van der Waals surface area contributed by atoms with Gasteiger partial charge >= 0.3 is 0 Å². The number of amides is 1. The highest BCUT2D eigenvalue weighted by atomic mass is 19.1. The van der Waals surface area contributed by atoms with Crippen molar-refractivity contribution >= 4 is 11.6 Å². The van der Waals surface area contributed by atoms with Crippen molar-refractivity contribution in [2.24, 2.45) is 5.73 Å². The third kappa shape index (κ3) is 3.10. The Balaban J connectivity index is 2.44. The minimum atomic E-state index is -0.794. The molecular weight excluding hydrogens is 259 g/mol. The van der Waals surface area contributed by atoms with Crippen LogP contribution in [-0.4, -0.2) is 23.6 Å². The fourth-order valence-electron chi connectivity index (χ4n) is 2.95. The van der Waals surface area contributed by atoms with E-state index in [0.29, 0.717) is 11.3 Å². The summed E-state index contributed by atoms with van der Waals surface area (Å²) >= 11 is 0. The van der Waals surface area contributed by atoms with E-state index in [1.165, 1.54) is 6.07 Å². The van der Waals surface area contributed by atoms with Crippen LogP contribution in [0.2, 0.25) is 0 Å². The van der Waals surface area contributed by atoms with E-state index in [1.54, 1.807) is 24.0 Å². The maximum Gasteiger partial charge on any atom is 0.236 e. The summed E-state index contributed by atoms with van der Waals surface area (Å²) in [5, 5.41) is 9.85. The van der Waals surface area contributed by atoms with E-state index in [4.69, 9.17) is 5.73 Å². The van der Waals surface area contributed by atoms with Crippen LogP contribution in [0, 0.1) is 5.82 Å². The summed E-state index contributed by atoms with van der Waals surface area (Å²) in [6.45, 7) is 1.57. The SMILES string of the molecule is C[C@@H](O)c1cccc(F)c1N(CC(N)=O)C1CCCC1. The molecule has 1 aliphatic carbocycles. The first-order valence-electron chi connectivity index (χ1n) is 7.02. The molecule has 0 saturated heterocycles. The molecule has 20 heavy (non-hydrogen) atoms. The molecule has 0 radical (unpaired) electrons. The van der Waals surface area contributed by atoms with Gasteiger partial charge in [0.05, 0.1) is 18.3 Å². The lowest BCUT2D eigenvalue weighted by Crippen LogP contribution is -2.41. The van der Waals surface area contributed by atoms with Gasteiger partial charge in [0.25, 0.3) is 0 Å². The van der Waals surface area contributed by atoms with E-state index in [2.05, 4.69) is 0 Å². The van der Waals surface area contributed by atoms with Gasteiger partial charge in [-0.25, -0.2) is 4.39 Å². The molecule has 0 heterocycles. The Labute approximate surface area is 118 Å². The molecule has 0 aliphatic heterocycles. The van der Waals surface area contributed by atoms with E-state index < -0.39 is 17.8 Å². The van der Waals surface area contributed by atoms with Crippen molar-refractivity contribution in [1.82, 2.24) is 0 Å². The Morgan fingerprint density at radius 3 is 2.70 bits per heavy atom. The summed E-state index contributed by atoms with van der Waals surface area (Å²) in [6.07, 6.45) is 3.18. The van der Waals surface area contributed by atoms with Crippen LogP contribution in [0.3, 0.4) is 0 Å². The summed E-state index contributed by atoms with van der Waals surface area (Å²) in [4.78, 5) is 13.1. The number of halogens is 1. The standard InChI is InChI=1S/C15H21FN2O2/c1-10(19)12-7-4-8-13(16)15(12)18(9-14(17)20)11-5-2-3-6-11/h4,7-8,10-11,19H,2-3,5-6,9H2,1H3,(H2,17,20)/t10-/m1/s1. The highest BCUT2D eigenvalue weighted by molar-refractivity contribution is 5.80. The number of anilines is 1. The van der Waals surface area contributed by atoms with Gasteiger partial charge in [0, 0.05) is 11.6 Å². The molecular formula is C15H21FN2O2. The third-order valence-electron chi connectivity index (χ3n) is 3.85. The second kappa shape index (κ2) is 6.22. The predicted octanol–water partition coefficient (Wildman–Crippen LogP) is 2.11. The number of rotatable bonds is 5. The molecule has 5 heteroatoms. The summed E-state index contributed by atoms with van der Waals surface area (Å²) in [6, 6.07) is 4.71. The monoisotopic (exact) mass is 280 g/mol. The maximum absolute atomic E-state index is 14.3. The Kier molecular flexibility index (Phi) is 4.60. The molecule has 1 atom stereocenters. The van der Waals surface area contributed by atoms with E-state index in [9.17, 15) is 14.3 Å². The summed E-state index contributed by atoms with van der Waals surface area (Å²) in [7, 11) is 0. The molecule has 1 saturated carbocycles. The van der Waals surface area contributed by atoms with Gasteiger partial charge in [-0.15, -0.1) is 0 Å². The molecule has 0 spiro atoms. The van der Waals surface area contributed by atoms with Gasteiger partial charge in [-0.05, 0) is 25.8 Å². The molecule has 2 rings (SSSR count). The van der Waals surface area contributed by atoms with E-state index in [1.807, 2.05) is 0 Å². The predicted molar refractivity (Wildman–Crippen MR) is 75.8 cm³/mol. The first kappa shape index (κ1) is 14.8. The minimum Gasteiger partial charge on any atom is -0.389 e. The summed E-state index contributed by atoms with van der Waals surface area (Å²) < 4.78 is 14.3. The first-order valence-corrected chi connectivity index (χ1v) is 7.02. The van der Waals surface area contributed by atoms with Crippen molar-refractivity contribution in [3.8, 4) is 0 Å². The fraction of sp³-hybridized carbons (Fsp3) is 0.533. The van der Waals surface area contributed by atoms with Crippen molar-refractivity contribution < 1.29 is 14.3 Å². The van der Waals surface area contributed by atoms with Crippen molar-refractivity contribution in [3.05, 3.63) is 29.6 Å². The lowest BCUT2D eigenvalue weighted by molar-refractivity contribution is -0.116. The van der Waals surface area contributed by atoms with Crippen LogP contribution in [-0.2, 0) is 4.79 Å². The number of benzene rings is 1. The summed E-state index contributed by atoms with van der Waals surface area (Å²) in [5.74, 6) is -0.909. The number of carbonyl (C=O) groups excluding carboxylic acids is 1. The average Bonchev–Trinajstić information content (AvgIpc) is 2.89. The highest BCUT2D eigenvalue weighted by Gasteiger charge is 2.28. The number of nitrogens with two attached hydrogens (primary N) is 1. The number of carbonyl (C=O) groups is 1. The van der Waals surface area contributed by atoms with Crippen LogP contribution in [0.5, 0.6) is 0 Å². The third-order valence-corrected chi connectivity index (χ3v) is 3.85. The van der Waals surface area contributed by atoms with E-state index in [-0.39, 0.29) is 12.6 Å². The molecule has 4 nitrogen and oxygen atoms in total. The molecule has 0 bridgehead atoms. The number of para-hydroxylation sites is 1. The largest absolute Gasteiger partial charge is 0.389 e. The van der Waals surface area contributed by atoms with Gasteiger partial charge in [0.2, 0.25) is 5.91 Å². The van der Waals surface area contributed by atoms with E-state index >= 15 is 0 Å². The second-order valence-electron chi connectivity index (χ2n) is 5.39. The molecule has 1 aromatic rings. The van der Waals surface area contributed by atoms with Crippen molar-refractivity contribution in [3.63, 3.8) is 0 Å². The molecule has 0 aromatic heterocycles. The lowest BCUT2D eigenvalue weighted by Gasteiger charge is -2.32. The zero-order valence-electron chi connectivity index (χ0n) is 11.7. The Bertz CT molecular complexity index is 485. The van der Waals surface area contributed by atoms with Gasteiger partial charge in [0.15, 0.2) is 0 Å². The number of nitrogens with zero attached hydrogens (tertiary/aromatic N) is 1. The Hall–Kier alpha value is -1.62. The van der Waals surface area contributed by atoms with Crippen LogP contribution in [0.25, 0.3) is 0 Å². The van der Waals surface area contributed by atoms with Crippen LogP contribution >= 0.6 is 0 Å². The number of aliphatic hydroxyl groups excluding tert-OH is 1. The van der Waals surface area contributed by atoms with Gasteiger partial charge in [-0.3, -0.25) is 4.79 Å². The van der Waals surface area contributed by atoms with Crippen LogP contribution in [0.1, 0.15) is 44.3 Å². The molecule has 110 valence electrons. The maximum atomic E-state index is 14.3. The van der Waals surface area contributed by atoms with Gasteiger partial charge in [0.1, 0.15) is 5.82 Å². The van der Waals surface area contributed by atoms with E-state index in [0.717, 1.165) is 25.7 Å². The number of hydrogen-bond donors (Lipinski definition) is 2. The lowest BCUT2D eigenvalue weighted by atomic mass is 10.0. The quantitative estimate of drug-likeness (QED) is 0.868. The van der Waals surface area contributed by atoms with Gasteiger partial charge in [-0.1, -0.05) is 25.0 Å². The average molecular weight is 280 g/mol. The number of hydrogen-bond acceptors (Lipinski definition) is 3. The zero-order chi connectivity index (χ0) is 14.7. The normalized spacial score (nSPS) is 17.1. The smallest absolute Gasteiger partial charge is 0.236 e. The second-order valence-corrected chi connectivity index (χ2v) is 5.39. The highest BCUT2D eigenvalue weighted by Crippen LogP contribution is 2.34. The minimum absolute atomic E-state index is 0.0225. The Morgan fingerprint density at radius 1 is 1.50 bits per heavy atom. The first-order chi connectivity index (χ1) is 9.50. The zero-order valence-corrected chi connectivity index (χ0v) is 11.7. The van der Waals surface area contributed by atoms with Crippen LogP contribution in [0.4, 0.5) is 10.1 Å².